The Morgan fingerprint density at radius 1 is 1.13 bits per heavy atom. The number of likely N-dealkylation sites (tertiary alicyclic amines) is 1. The first-order chi connectivity index (χ1) is 11.2. The van der Waals surface area contributed by atoms with E-state index in [1.807, 2.05) is 35.2 Å². The molecule has 0 saturated carbocycles. The van der Waals surface area contributed by atoms with Gasteiger partial charge in [-0.3, -0.25) is 9.59 Å². The number of pyridine rings is 1. The number of hydrogen-bond donors (Lipinski definition) is 0. The zero-order chi connectivity index (χ0) is 16.2. The van der Waals surface area contributed by atoms with Gasteiger partial charge in [-0.05, 0) is 43.2 Å². The zero-order valence-corrected chi connectivity index (χ0v) is 13.8. The molecular weight excluding hydrogens is 288 g/mol. The molecule has 1 amide bonds. The molecule has 0 bridgehead atoms. The van der Waals surface area contributed by atoms with Gasteiger partial charge in [0, 0.05) is 25.0 Å². The van der Waals surface area contributed by atoms with Crippen molar-refractivity contribution in [1.82, 2.24) is 9.47 Å². The molecule has 0 atom stereocenters. The molecule has 122 valence electrons. The summed E-state index contributed by atoms with van der Waals surface area (Å²) < 4.78 is 1.68. The van der Waals surface area contributed by atoms with E-state index in [0.717, 1.165) is 44.2 Å². The molecule has 1 aromatic carbocycles. The third kappa shape index (κ3) is 3.16. The quantitative estimate of drug-likeness (QED) is 0.868. The van der Waals surface area contributed by atoms with Gasteiger partial charge in [0.15, 0.2) is 0 Å². The van der Waals surface area contributed by atoms with E-state index < -0.39 is 0 Å². The summed E-state index contributed by atoms with van der Waals surface area (Å²) >= 11 is 0. The maximum absolute atomic E-state index is 12.9. The molecule has 2 aromatic rings. The minimum Gasteiger partial charge on any atom is -0.337 e. The van der Waals surface area contributed by atoms with Gasteiger partial charge in [0.1, 0.15) is 5.69 Å². The van der Waals surface area contributed by atoms with Crippen molar-refractivity contribution in [3.63, 3.8) is 0 Å². The first-order valence-corrected chi connectivity index (χ1v) is 8.64. The van der Waals surface area contributed by atoms with E-state index in [9.17, 15) is 9.59 Å². The lowest BCUT2D eigenvalue weighted by Gasteiger charge is -2.28. The summed E-state index contributed by atoms with van der Waals surface area (Å²) in [5.74, 6) is 0.00339. The second-order valence-corrected chi connectivity index (χ2v) is 6.28. The average Bonchev–Trinajstić information content (AvgIpc) is 2.61. The maximum atomic E-state index is 12.9. The number of nitrogens with zero attached hydrogens (tertiary/aromatic N) is 2. The maximum Gasteiger partial charge on any atom is 0.270 e. The van der Waals surface area contributed by atoms with Crippen LogP contribution in [-0.4, -0.2) is 28.5 Å². The fourth-order valence-electron chi connectivity index (χ4n) is 3.27. The Morgan fingerprint density at radius 2 is 1.87 bits per heavy atom. The monoisotopic (exact) mass is 312 g/mol. The van der Waals surface area contributed by atoms with Crippen molar-refractivity contribution in [2.45, 2.75) is 45.6 Å². The molecule has 0 N–H and O–H groups in total. The van der Waals surface area contributed by atoms with Crippen LogP contribution in [0.25, 0.3) is 10.8 Å². The number of carbonyl (C=O) groups is 1. The average molecular weight is 312 g/mol. The van der Waals surface area contributed by atoms with Crippen LogP contribution in [-0.2, 0) is 6.54 Å². The summed E-state index contributed by atoms with van der Waals surface area (Å²) in [6, 6.07) is 9.43. The third-order valence-corrected chi connectivity index (χ3v) is 4.62. The van der Waals surface area contributed by atoms with Crippen molar-refractivity contribution >= 4 is 16.7 Å². The highest BCUT2D eigenvalue weighted by Gasteiger charge is 2.22. The number of amides is 1. The summed E-state index contributed by atoms with van der Waals surface area (Å²) in [7, 11) is 0. The van der Waals surface area contributed by atoms with Gasteiger partial charge in [-0.15, -0.1) is 0 Å². The highest BCUT2D eigenvalue weighted by Crippen LogP contribution is 2.17. The zero-order valence-electron chi connectivity index (χ0n) is 13.8. The Hall–Kier alpha value is -2.10. The number of carbonyl (C=O) groups excluding carboxylic acids is 1. The molecule has 0 aliphatic carbocycles. The number of fused-ring (bicyclic) bond motifs is 1. The van der Waals surface area contributed by atoms with Crippen molar-refractivity contribution in [3.8, 4) is 0 Å². The van der Waals surface area contributed by atoms with Gasteiger partial charge in [0.2, 0.25) is 0 Å². The molecule has 1 aliphatic heterocycles. The SMILES string of the molecule is CCCCn1c(C(=O)N2CCCCC2)cc2ccccc2c1=O. The van der Waals surface area contributed by atoms with Crippen molar-refractivity contribution in [2.75, 3.05) is 13.1 Å². The fourth-order valence-corrected chi connectivity index (χ4v) is 3.27. The molecule has 1 aliphatic rings. The normalized spacial score (nSPS) is 15.1. The van der Waals surface area contributed by atoms with Gasteiger partial charge in [-0.25, -0.2) is 0 Å². The Balaban J connectivity index is 2.09. The summed E-state index contributed by atoms with van der Waals surface area (Å²) in [4.78, 5) is 27.7. The summed E-state index contributed by atoms with van der Waals surface area (Å²) in [6.45, 7) is 4.30. The van der Waals surface area contributed by atoms with E-state index in [1.165, 1.54) is 6.42 Å². The molecule has 0 unspecified atom stereocenters. The van der Waals surface area contributed by atoms with Crippen LogP contribution in [0.3, 0.4) is 0 Å². The van der Waals surface area contributed by atoms with E-state index in [-0.39, 0.29) is 11.5 Å². The summed E-state index contributed by atoms with van der Waals surface area (Å²) in [5, 5.41) is 1.55. The lowest BCUT2D eigenvalue weighted by Crippen LogP contribution is -2.39. The second kappa shape index (κ2) is 6.99. The summed E-state index contributed by atoms with van der Waals surface area (Å²) in [6.07, 6.45) is 5.19. The second-order valence-electron chi connectivity index (χ2n) is 6.28. The predicted octanol–water partition coefficient (Wildman–Crippen LogP) is 3.43. The number of aromatic nitrogens is 1. The highest BCUT2D eigenvalue weighted by atomic mass is 16.2. The molecule has 0 radical (unpaired) electrons. The van der Waals surface area contributed by atoms with Crippen LogP contribution in [0.5, 0.6) is 0 Å². The van der Waals surface area contributed by atoms with Crippen LogP contribution in [0.1, 0.15) is 49.5 Å². The molecule has 4 heteroatoms. The highest BCUT2D eigenvalue weighted by molar-refractivity contribution is 5.96. The molecule has 3 rings (SSSR count). The molecule has 4 nitrogen and oxygen atoms in total. The predicted molar refractivity (Wildman–Crippen MR) is 92.9 cm³/mol. The van der Waals surface area contributed by atoms with Crippen molar-refractivity contribution in [2.24, 2.45) is 0 Å². The Morgan fingerprint density at radius 3 is 2.61 bits per heavy atom. The van der Waals surface area contributed by atoms with Crippen LogP contribution in [0.15, 0.2) is 35.1 Å². The molecule has 1 fully saturated rings. The number of piperidine rings is 1. The minimum absolute atomic E-state index is 0.00339. The molecule has 0 spiro atoms. The lowest BCUT2D eigenvalue weighted by molar-refractivity contribution is 0.0711. The molecular formula is C19H24N2O2. The van der Waals surface area contributed by atoms with Crippen molar-refractivity contribution in [1.29, 1.82) is 0 Å². The van der Waals surface area contributed by atoms with Crippen LogP contribution < -0.4 is 5.56 Å². The van der Waals surface area contributed by atoms with Crippen LogP contribution >= 0.6 is 0 Å². The topological polar surface area (TPSA) is 42.3 Å². The lowest BCUT2D eigenvalue weighted by atomic mass is 10.1. The summed E-state index contributed by atoms with van der Waals surface area (Å²) in [5.41, 5.74) is 0.501. The van der Waals surface area contributed by atoms with E-state index in [0.29, 0.717) is 17.6 Å². The van der Waals surface area contributed by atoms with Gasteiger partial charge in [0.25, 0.3) is 11.5 Å². The number of hydrogen-bond acceptors (Lipinski definition) is 2. The van der Waals surface area contributed by atoms with Gasteiger partial charge < -0.3 is 9.47 Å². The van der Waals surface area contributed by atoms with Crippen LogP contribution in [0.4, 0.5) is 0 Å². The van der Waals surface area contributed by atoms with Crippen molar-refractivity contribution < 1.29 is 4.79 Å². The van der Waals surface area contributed by atoms with E-state index >= 15 is 0 Å². The van der Waals surface area contributed by atoms with Gasteiger partial charge in [0.05, 0.1) is 0 Å². The van der Waals surface area contributed by atoms with Gasteiger partial charge in [-0.1, -0.05) is 31.5 Å². The van der Waals surface area contributed by atoms with Crippen molar-refractivity contribution in [3.05, 3.63) is 46.4 Å². The van der Waals surface area contributed by atoms with Gasteiger partial charge in [-0.2, -0.15) is 0 Å². The standard InChI is InChI=1S/C19H24N2O2/c1-2-3-13-21-17(19(23)20-11-7-4-8-12-20)14-15-9-5-6-10-16(15)18(21)22/h5-6,9-10,14H,2-4,7-8,11-13H2,1H3. The van der Waals surface area contributed by atoms with Crippen LogP contribution in [0, 0.1) is 0 Å². The number of benzene rings is 1. The molecule has 23 heavy (non-hydrogen) atoms. The molecule has 1 saturated heterocycles. The largest absolute Gasteiger partial charge is 0.337 e. The van der Waals surface area contributed by atoms with E-state index in [4.69, 9.17) is 0 Å². The number of unbranched alkanes of at least 4 members (excludes halogenated alkanes) is 1. The first-order valence-electron chi connectivity index (χ1n) is 8.64. The smallest absolute Gasteiger partial charge is 0.270 e. The van der Waals surface area contributed by atoms with Crippen LogP contribution in [0.2, 0.25) is 0 Å². The third-order valence-electron chi connectivity index (χ3n) is 4.62. The minimum atomic E-state index is -0.0445. The molecule has 2 heterocycles. The first kappa shape index (κ1) is 15.8. The Labute approximate surface area is 136 Å². The fraction of sp³-hybridized carbons (Fsp3) is 0.474. The molecule has 1 aromatic heterocycles. The number of rotatable bonds is 4. The van der Waals surface area contributed by atoms with Gasteiger partial charge >= 0.3 is 0 Å². The Kier molecular flexibility index (Phi) is 4.79. The Bertz CT molecular complexity index is 758. The van der Waals surface area contributed by atoms with E-state index in [1.54, 1.807) is 4.57 Å². The van der Waals surface area contributed by atoms with E-state index in [2.05, 4.69) is 6.92 Å².